The van der Waals surface area contributed by atoms with Crippen molar-refractivity contribution in [2.45, 2.75) is 31.8 Å². The van der Waals surface area contributed by atoms with Crippen molar-refractivity contribution in [2.24, 2.45) is 0 Å². The first-order valence-corrected chi connectivity index (χ1v) is 8.26. The van der Waals surface area contributed by atoms with Crippen LogP contribution in [-0.2, 0) is 4.74 Å². The molecule has 136 valence electrons. The van der Waals surface area contributed by atoms with Crippen LogP contribution >= 0.6 is 0 Å². The number of aliphatic hydroxyl groups excluding tert-OH is 2. The van der Waals surface area contributed by atoms with Gasteiger partial charge >= 0.3 is 0 Å². The van der Waals surface area contributed by atoms with Crippen LogP contribution in [0.3, 0.4) is 0 Å². The smallest absolute Gasteiger partial charge is 0.287 e. The summed E-state index contributed by atoms with van der Waals surface area (Å²) < 4.78 is 8.48. The summed E-state index contributed by atoms with van der Waals surface area (Å²) in [6.07, 6.45) is -0.349. The fourth-order valence-electron chi connectivity index (χ4n) is 3.19. The second kappa shape index (κ2) is 6.20. The summed E-state index contributed by atoms with van der Waals surface area (Å²) in [5, 5.41) is 19.2. The van der Waals surface area contributed by atoms with Crippen molar-refractivity contribution < 1.29 is 14.9 Å². The Bertz CT molecular complexity index is 1010. The van der Waals surface area contributed by atoms with Crippen LogP contribution in [0.4, 0.5) is 5.95 Å². The van der Waals surface area contributed by atoms with Gasteiger partial charge in [0.1, 0.15) is 12.3 Å². The van der Waals surface area contributed by atoms with Gasteiger partial charge < -0.3 is 20.7 Å². The van der Waals surface area contributed by atoms with Crippen molar-refractivity contribution in [1.29, 1.82) is 0 Å². The molecule has 0 bridgehead atoms. The first kappa shape index (κ1) is 16.7. The number of aliphatic hydroxyl groups is 2. The predicted octanol–water partition coefficient (Wildman–Crippen LogP) is 0.114. The van der Waals surface area contributed by atoms with Crippen molar-refractivity contribution >= 4 is 17.1 Å². The molecule has 0 spiro atoms. The van der Waals surface area contributed by atoms with Gasteiger partial charge in [-0.1, -0.05) is 17.7 Å². The number of hydrogen-bond acceptors (Lipinski definition) is 7. The minimum atomic E-state index is -0.798. The summed E-state index contributed by atoms with van der Waals surface area (Å²) in [6, 6.07) is 7.35. The molecule has 3 atom stereocenters. The molecule has 0 unspecified atom stereocenters. The lowest BCUT2D eigenvalue weighted by atomic mass is 10.2. The first-order valence-electron chi connectivity index (χ1n) is 8.26. The number of nitrogen functional groups attached to an aromatic ring is 1. The molecular formula is C17H19N5O4. The van der Waals surface area contributed by atoms with E-state index in [0.717, 1.165) is 5.56 Å². The Labute approximate surface area is 148 Å². The van der Waals surface area contributed by atoms with Crippen LogP contribution in [0.1, 0.15) is 18.2 Å². The summed E-state index contributed by atoms with van der Waals surface area (Å²) in [5.74, 6) is 0.0327. The Balaban J connectivity index is 1.81. The molecule has 9 nitrogen and oxygen atoms in total. The highest BCUT2D eigenvalue weighted by molar-refractivity contribution is 5.72. The molecule has 1 aliphatic rings. The van der Waals surface area contributed by atoms with Gasteiger partial charge in [0.25, 0.3) is 5.56 Å². The molecule has 4 rings (SSSR count). The summed E-state index contributed by atoms with van der Waals surface area (Å²) in [6.45, 7) is 1.66. The van der Waals surface area contributed by atoms with E-state index in [-0.39, 0.29) is 35.7 Å². The zero-order chi connectivity index (χ0) is 18.4. The number of anilines is 1. The van der Waals surface area contributed by atoms with Gasteiger partial charge in [0.05, 0.1) is 24.7 Å². The van der Waals surface area contributed by atoms with Crippen molar-refractivity contribution in [3.05, 3.63) is 46.5 Å². The van der Waals surface area contributed by atoms with Crippen LogP contribution in [0, 0.1) is 6.92 Å². The molecule has 4 N–H and O–H groups in total. The van der Waals surface area contributed by atoms with E-state index in [4.69, 9.17) is 10.5 Å². The van der Waals surface area contributed by atoms with E-state index in [9.17, 15) is 15.0 Å². The lowest BCUT2D eigenvalue weighted by Crippen LogP contribution is -2.24. The SMILES string of the molecule is Cc1ccc(-n2c(N)nc3c(ncn3[C@H]3C[C@H](O)[C@@H](CO)O3)c2=O)cc1. The third kappa shape index (κ3) is 2.57. The highest BCUT2D eigenvalue weighted by Crippen LogP contribution is 2.30. The first-order chi connectivity index (χ1) is 12.5. The lowest BCUT2D eigenvalue weighted by Gasteiger charge is -2.14. The van der Waals surface area contributed by atoms with Crippen LogP contribution in [0.5, 0.6) is 0 Å². The van der Waals surface area contributed by atoms with Crippen LogP contribution in [-0.4, -0.2) is 48.1 Å². The van der Waals surface area contributed by atoms with Crippen molar-refractivity contribution in [3.8, 4) is 5.69 Å². The van der Waals surface area contributed by atoms with E-state index >= 15 is 0 Å². The number of aryl methyl sites for hydroxylation is 1. The maximum atomic E-state index is 12.9. The molecule has 0 amide bonds. The fourth-order valence-corrected chi connectivity index (χ4v) is 3.19. The van der Waals surface area contributed by atoms with Gasteiger partial charge in [0.15, 0.2) is 11.2 Å². The number of ether oxygens (including phenoxy) is 1. The Hall–Kier alpha value is -2.75. The summed E-state index contributed by atoms with van der Waals surface area (Å²) in [5.41, 5.74) is 7.78. The Morgan fingerprint density at radius 2 is 2.08 bits per heavy atom. The van der Waals surface area contributed by atoms with Crippen LogP contribution < -0.4 is 11.3 Å². The van der Waals surface area contributed by atoms with E-state index in [0.29, 0.717) is 5.69 Å². The van der Waals surface area contributed by atoms with Crippen molar-refractivity contribution in [2.75, 3.05) is 12.3 Å². The van der Waals surface area contributed by atoms with Gasteiger partial charge in [-0.2, -0.15) is 4.98 Å². The number of fused-ring (bicyclic) bond motifs is 1. The predicted molar refractivity (Wildman–Crippen MR) is 93.9 cm³/mol. The molecule has 1 fully saturated rings. The van der Waals surface area contributed by atoms with E-state index in [1.54, 1.807) is 16.7 Å². The van der Waals surface area contributed by atoms with Gasteiger partial charge in [-0.15, -0.1) is 0 Å². The zero-order valence-electron chi connectivity index (χ0n) is 14.1. The average Bonchev–Trinajstić information content (AvgIpc) is 3.19. The van der Waals surface area contributed by atoms with E-state index in [1.165, 1.54) is 10.9 Å². The molecule has 26 heavy (non-hydrogen) atoms. The lowest BCUT2D eigenvalue weighted by molar-refractivity contribution is -0.0432. The molecular weight excluding hydrogens is 338 g/mol. The van der Waals surface area contributed by atoms with Gasteiger partial charge in [-0.25, -0.2) is 9.55 Å². The molecule has 1 saturated heterocycles. The quantitative estimate of drug-likeness (QED) is 0.607. The number of benzene rings is 1. The molecule has 1 aliphatic heterocycles. The molecule has 3 heterocycles. The highest BCUT2D eigenvalue weighted by Gasteiger charge is 2.35. The summed E-state index contributed by atoms with van der Waals surface area (Å²) in [4.78, 5) is 21.4. The second-order valence-electron chi connectivity index (χ2n) is 6.38. The van der Waals surface area contributed by atoms with Crippen LogP contribution in [0.15, 0.2) is 35.4 Å². The number of hydrogen-bond donors (Lipinski definition) is 3. The van der Waals surface area contributed by atoms with Crippen molar-refractivity contribution in [1.82, 2.24) is 19.1 Å². The minimum absolute atomic E-state index is 0.0327. The number of nitrogens with two attached hydrogens (primary N) is 1. The molecule has 9 heteroatoms. The van der Waals surface area contributed by atoms with Gasteiger partial charge in [0, 0.05) is 6.42 Å². The third-order valence-electron chi connectivity index (χ3n) is 4.61. The number of nitrogens with zero attached hydrogens (tertiary/aromatic N) is 4. The Morgan fingerprint density at radius 1 is 1.35 bits per heavy atom. The zero-order valence-corrected chi connectivity index (χ0v) is 14.1. The second-order valence-corrected chi connectivity index (χ2v) is 6.38. The minimum Gasteiger partial charge on any atom is -0.394 e. The molecule has 3 aromatic rings. The average molecular weight is 357 g/mol. The van der Waals surface area contributed by atoms with Crippen molar-refractivity contribution in [3.63, 3.8) is 0 Å². The molecule has 0 saturated carbocycles. The summed E-state index contributed by atoms with van der Waals surface area (Å²) >= 11 is 0. The molecule has 2 aromatic heterocycles. The number of rotatable bonds is 3. The van der Waals surface area contributed by atoms with Gasteiger partial charge in [-0.3, -0.25) is 9.36 Å². The number of imidazole rings is 1. The van der Waals surface area contributed by atoms with E-state index in [1.807, 2.05) is 19.1 Å². The van der Waals surface area contributed by atoms with Crippen LogP contribution in [0.2, 0.25) is 0 Å². The number of aromatic nitrogens is 4. The monoisotopic (exact) mass is 357 g/mol. The van der Waals surface area contributed by atoms with Gasteiger partial charge in [-0.05, 0) is 19.1 Å². The highest BCUT2D eigenvalue weighted by atomic mass is 16.5. The standard InChI is InChI=1S/C17H19N5O4/c1-9-2-4-10(5-3-9)22-16(25)14-15(20-17(22)18)21(8-19-14)13-6-11(24)12(7-23)26-13/h2-5,8,11-13,23-24H,6-7H2,1H3,(H2,18,20)/t11-,12+,13+/m0/s1. The van der Waals surface area contributed by atoms with E-state index < -0.39 is 18.4 Å². The normalized spacial score (nSPS) is 23.0. The van der Waals surface area contributed by atoms with E-state index in [2.05, 4.69) is 9.97 Å². The molecule has 1 aromatic carbocycles. The fraction of sp³-hybridized carbons (Fsp3) is 0.353. The topological polar surface area (TPSA) is 128 Å². The summed E-state index contributed by atoms with van der Waals surface area (Å²) in [7, 11) is 0. The third-order valence-corrected chi connectivity index (χ3v) is 4.61. The Morgan fingerprint density at radius 3 is 2.73 bits per heavy atom. The maximum absolute atomic E-state index is 12.9. The largest absolute Gasteiger partial charge is 0.394 e. The van der Waals surface area contributed by atoms with Crippen LogP contribution in [0.25, 0.3) is 16.9 Å². The molecule has 0 radical (unpaired) electrons. The maximum Gasteiger partial charge on any atom is 0.287 e. The van der Waals surface area contributed by atoms with Gasteiger partial charge in [0.2, 0.25) is 5.95 Å². The Kier molecular flexibility index (Phi) is 3.98. The molecule has 0 aliphatic carbocycles.